The van der Waals surface area contributed by atoms with Gasteiger partial charge in [0.05, 0.1) is 19.6 Å². The summed E-state index contributed by atoms with van der Waals surface area (Å²) in [5.74, 6) is -1.06. The lowest BCUT2D eigenvalue weighted by atomic mass is 10.0. The van der Waals surface area contributed by atoms with Gasteiger partial charge in [0.2, 0.25) is 5.91 Å². The number of methoxy groups -OCH3 is 1. The molecule has 160 valence electrons. The summed E-state index contributed by atoms with van der Waals surface area (Å²) in [7, 11) is 1.56. The summed E-state index contributed by atoms with van der Waals surface area (Å²) in [6, 6.07) is 5.36. The topological polar surface area (TPSA) is 81.4 Å². The van der Waals surface area contributed by atoms with E-state index in [1.165, 1.54) is 0 Å². The summed E-state index contributed by atoms with van der Waals surface area (Å²) < 4.78 is 45.2. The van der Waals surface area contributed by atoms with Crippen molar-refractivity contribution >= 4 is 11.7 Å². The predicted octanol–water partition coefficient (Wildman–Crippen LogP) is 3.50. The van der Waals surface area contributed by atoms with Crippen molar-refractivity contribution in [2.45, 2.75) is 46.3 Å². The molecule has 30 heavy (non-hydrogen) atoms. The van der Waals surface area contributed by atoms with Crippen molar-refractivity contribution in [3.05, 3.63) is 52.1 Å². The molecule has 2 aromatic heterocycles. The smallest absolute Gasteiger partial charge is 0.453 e. The third-order valence-electron chi connectivity index (χ3n) is 4.87. The van der Waals surface area contributed by atoms with Gasteiger partial charge < -0.3 is 10.1 Å². The van der Waals surface area contributed by atoms with E-state index in [4.69, 9.17) is 4.74 Å². The van der Waals surface area contributed by atoms with E-state index in [1.54, 1.807) is 21.0 Å². The van der Waals surface area contributed by atoms with Crippen LogP contribution in [0.3, 0.4) is 0 Å². The summed E-state index contributed by atoms with van der Waals surface area (Å²) >= 11 is 0. The average Bonchev–Trinajstić information content (AvgIpc) is 3.09. The highest BCUT2D eigenvalue weighted by Crippen LogP contribution is 2.28. The van der Waals surface area contributed by atoms with Crippen molar-refractivity contribution in [1.29, 1.82) is 0 Å². The highest BCUT2D eigenvalue weighted by molar-refractivity contribution is 5.79. The van der Waals surface area contributed by atoms with Crippen LogP contribution in [0.25, 0.3) is 5.78 Å². The van der Waals surface area contributed by atoms with Gasteiger partial charge in [-0.15, -0.1) is 5.10 Å². The number of nitrogens with zero attached hydrogens (tertiary/aromatic N) is 4. The Hall–Kier alpha value is -3.17. The van der Waals surface area contributed by atoms with Crippen molar-refractivity contribution in [2.75, 3.05) is 7.11 Å². The molecular weight excluding hydrogens is 399 g/mol. The Morgan fingerprint density at radius 3 is 2.57 bits per heavy atom. The number of benzene rings is 1. The maximum absolute atomic E-state index is 12.9. The van der Waals surface area contributed by atoms with Gasteiger partial charge in [-0.25, -0.2) is 9.50 Å². The first-order chi connectivity index (χ1) is 14.0. The molecule has 0 radical (unpaired) electrons. The number of hydrogen-bond donors (Lipinski definition) is 1. The van der Waals surface area contributed by atoms with Gasteiger partial charge in [0.15, 0.2) is 0 Å². The van der Waals surface area contributed by atoms with E-state index in [2.05, 4.69) is 20.4 Å². The number of aryl methyl sites for hydroxylation is 3. The minimum atomic E-state index is -4.67. The Morgan fingerprint density at radius 2 is 1.93 bits per heavy atom. The van der Waals surface area contributed by atoms with Gasteiger partial charge in [-0.1, -0.05) is 17.7 Å². The van der Waals surface area contributed by atoms with Crippen LogP contribution in [-0.4, -0.2) is 32.6 Å². The highest BCUT2D eigenvalue weighted by atomic mass is 19.4. The monoisotopic (exact) mass is 421 g/mol. The van der Waals surface area contributed by atoms with Crippen LogP contribution in [0.4, 0.5) is 13.2 Å². The lowest BCUT2D eigenvalue weighted by molar-refractivity contribution is -0.144. The van der Waals surface area contributed by atoms with Gasteiger partial charge in [0, 0.05) is 22.5 Å². The fourth-order valence-corrected chi connectivity index (χ4v) is 3.31. The summed E-state index contributed by atoms with van der Waals surface area (Å²) in [4.78, 5) is 20.2. The van der Waals surface area contributed by atoms with Gasteiger partial charge in [0.25, 0.3) is 11.6 Å². The summed E-state index contributed by atoms with van der Waals surface area (Å²) in [5.41, 5.74) is 3.18. The first-order valence-corrected chi connectivity index (χ1v) is 9.25. The number of amides is 1. The van der Waals surface area contributed by atoms with E-state index < -0.39 is 12.0 Å². The van der Waals surface area contributed by atoms with Gasteiger partial charge in [0.1, 0.15) is 5.75 Å². The van der Waals surface area contributed by atoms with Gasteiger partial charge in [-0.05, 0) is 33.8 Å². The molecule has 0 saturated carbocycles. The van der Waals surface area contributed by atoms with Crippen molar-refractivity contribution in [2.24, 2.45) is 0 Å². The second kappa shape index (κ2) is 7.92. The quantitative estimate of drug-likeness (QED) is 0.682. The van der Waals surface area contributed by atoms with Crippen molar-refractivity contribution in [3.63, 3.8) is 0 Å². The minimum absolute atomic E-state index is 0.0553. The molecule has 0 bridgehead atoms. The molecule has 0 spiro atoms. The zero-order valence-corrected chi connectivity index (χ0v) is 17.3. The Labute approximate surface area is 171 Å². The second-order valence-corrected chi connectivity index (χ2v) is 7.12. The van der Waals surface area contributed by atoms with Crippen LogP contribution in [-0.2, 0) is 17.4 Å². The van der Waals surface area contributed by atoms with E-state index in [0.29, 0.717) is 22.7 Å². The maximum Gasteiger partial charge on any atom is 0.453 e. The standard InChI is InChI=1S/C20H22F3N5O2/c1-10-6-7-16(30-5)15(8-10)12(3)24-17(29)9-14-11(2)25-19-26-18(20(21,22)23)27-28(19)13(14)4/h6-8,12H,9H2,1-5H3,(H,24,29)/t12-/m1/s1. The SMILES string of the molecule is COc1ccc(C)cc1[C@@H](C)NC(=O)Cc1c(C)nc2nc(C(F)(F)F)nn2c1C. The van der Waals surface area contributed by atoms with Crippen LogP contribution >= 0.6 is 0 Å². The highest BCUT2D eigenvalue weighted by Gasteiger charge is 2.37. The average molecular weight is 421 g/mol. The molecule has 1 amide bonds. The number of nitrogens with one attached hydrogen (secondary N) is 1. The van der Waals surface area contributed by atoms with Gasteiger partial charge >= 0.3 is 6.18 Å². The number of carbonyl (C=O) groups is 1. The molecule has 0 aliphatic carbocycles. The Kier molecular flexibility index (Phi) is 5.69. The first-order valence-electron chi connectivity index (χ1n) is 9.25. The minimum Gasteiger partial charge on any atom is -0.496 e. The van der Waals surface area contributed by atoms with Gasteiger partial charge in [-0.2, -0.15) is 18.2 Å². The normalized spacial score (nSPS) is 12.8. The molecule has 1 aromatic carbocycles. The van der Waals surface area contributed by atoms with Crippen LogP contribution in [0.15, 0.2) is 18.2 Å². The maximum atomic E-state index is 12.9. The molecule has 10 heteroatoms. The molecule has 0 aliphatic heterocycles. The number of ether oxygens (including phenoxy) is 1. The fraction of sp³-hybridized carbons (Fsp3) is 0.400. The summed E-state index contributed by atoms with van der Waals surface area (Å²) in [6.07, 6.45) is -4.73. The molecule has 3 aromatic rings. The number of alkyl halides is 3. The first kappa shape index (κ1) is 21.5. The van der Waals surface area contributed by atoms with Crippen molar-refractivity contribution < 1.29 is 22.7 Å². The number of rotatable bonds is 5. The number of halogens is 3. The zero-order chi connectivity index (χ0) is 22.2. The zero-order valence-electron chi connectivity index (χ0n) is 17.3. The lowest BCUT2D eigenvalue weighted by Crippen LogP contribution is -2.29. The molecule has 1 atom stereocenters. The third-order valence-corrected chi connectivity index (χ3v) is 4.87. The van der Waals surface area contributed by atoms with Crippen molar-refractivity contribution in [3.8, 4) is 5.75 Å². The van der Waals surface area contributed by atoms with E-state index in [0.717, 1.165) is 15.6 Å². The largest absolute Gasteiger partial charge is 0.496 e. The molecule has 0 unspecified atom stereocenters. The van der Waals surface area contributed by atoms with Crippen LogP contribution in [0.1, 0.15) is 46.9 Å². The Balaban J connectivity index is 1.85. The molecule has 1 N–H and O–H groups in total. The molecule has 0 aliphatic rings. The molecular formula is C20H22F3N5O2. The lowest BCUT2D eigenvalue weighted by Gasteiger charge is -2.18. The van der Waals surface area contributed by atoms with E-state index in [-0.39, 0.29) is 24.1 Å². The summed E-state index contributed by atoms with van der Waals surface area (Å²) in [6.45, 7) is 7.00. The van der Waals surface area contributed by atoms with Gasteiger partial charge in [-0.3, -0.25) is 4.79 Å². The summed E-state index contributed by atoms with van der Waals surface area (Å²) in [5, 5.41) is 6.41. The van der Waals surface area contributed by atoms with E-state index in [1.807, 2.05) is 32.0 Å². The second-order valence-electron chi connectivity index (χ2n) is 7.12. The van der Waals surface area contributed by atoms with E-state index >= 15 is 0 Å². The third kappa shape index (κ3) is 4.22. The fourth-order valence-electron chi connectivity index (χ4n) is 3.31. The van der Waals surface area contributed by atoms with Crippen LogP contribution in [0.5, 0.6) is 5.75 Å². The molecule has 7 nitrogen and oxygen atoms in total. The molecule has 2 heterocycles. The van der Waals surface area contributed by atoms with Crippen LogP contribution in [0, 0.1) is 20.8 Å². The Morgan fingerprint density at radius 1 is 1.23 bits per heavy atom. The van der Waals surface area contributed by atoms with Crippen LogP contribution in [0.2, 0.25) is 0 Å². The number of aromatic nitrogens is 4. The molecule has 0 saturated heterocycles. The van der Waals surface area contributed by atoms with E-state index in [9.17, 15) is 18.0 Å². The number of hydrogen-bond acceptors (Lipinski definition) is 5. The number of carbonyl (C=O) groups excluding carboxylic acids is 1. The van der Waals surface area contributed by atoms with Crippen molar-refractivity contribution in [1.82, 2.24) is 24.9 Å². The molecule has 3 rings (SSSR count). The molecule has 0 fully saturated rings. The Bertz CT molecular complexity index is 1110. The van der Waals surface area contributed by atoms with Crippen LogP contribution < -0.4 is 10.1 Å². The number of fused-ring (bicyclic) bond motifs is 1. The predicted molar refractivity (Wildman–Crippen MR) is 103 cm³/mol.